The summed E-state index contributed by atoms with van der Waals surface area (Å²) in [5.74, 6) is 0.437. The Bertz CT molecular complexity index is 336. The molecular weight excluding hydrogens is 234 g/mol. The normalized spacial score (nSPS) is 15.5. The van der Waals surface area contributed by atoms with E-state index in [4.69, 9.17) is 4.74 Å². The van der Waals surface area contributed by atoms with E-state index in [2.05, 4.69) is 20.9 Å². The van der Waals surface area contributed by atoms with Crippen molar-refractivity contribution in [3.8, 4) is 5.88 Å². The van der Waals surface area contributed by atoms with E-state index in [1.807, 2.05) is 0 Å². The highest BCUT2D eigenvalue weighted by Gasteiger charge is 2.25. The molecule has 4 heteroatoms. The SMILES string of the molecule is O=Cc1ccc(Br)nc1OC1CC1. The first-order chi connectivity index (χ1) is 6.29. The van der Waals surface area contributed by atoms with Gasteiger partial charge in [0.05, 0.1) is 5.56 Å². The summed E-state index contributed by atoms with van der Waals surface area (Å²) in [6.07, 6.45) is 3.15. The van der Waals surface area contributed by atoms with Crippen LogP contribution >= 0.6 is 15.9 Å². The van der Waals surface area contributed by atoms with Gasteiger partial charge in [-0.3, -0.25) is 4.79 Å². The molecule has 1 aliphatic rings. The number of pyridine rings is 1. The summed E-state index contributed by atoms with van der Waals surface area (Å²) in [4.78, 5) is 14.7. The van der Waals surface area contributed by atoms with Crippen molar-refractivity contribution in [3.63, 3.8) is 0 Å². The van der Waals surface area contributed by atoms with Gasteiger partial charge in [-0.1, -0.05) is 0 Å². The number of aldehydes is 1. The molecule has 1 aromatic rings. The summed E-state index contributed by atoms with van der Waals surface area (Å²) in [5, 5.41) is 0. The average molecular weight is 242 g/mol. The van der Waals surface area contributed by atoms with Crippen molar-refractivity contribution < 1.29 is 9.53 Å². The lowest BCUT2D eigenvalue weighted by Crippen LogP contribution is -2.01. The number of hydrogen-bond acceptors (Lipinski definition) is 3. The maximum atomic E-state index is 10.6. The molecule has 1 aromatic heterocycles. The van der Waals surface area contributed by atoms with Crippen molar-refractivity contribution in [2.24, 2.45) is 0 Å². The van der Waals surface area contributed by atoms with Crippen molar-refractivity contribution >= 4 is 22.2 Å². The molecule has 13 heavy (non-hydrogen) atoms. The first-order valence-electron chi connectivity index (χ1n) is 4.08. The Hall–Kier alpha value is -0.900. The van der Waals surface area contributed by atoms with Crippen LogP contribution in [-0.4, -0.2) is 17.4 Å². The van der Waals surface area contributed by atoms with Gasteiger partial charge in [0, 0.05) is 0 Å². The quantitative estimate of drug-likeness (QED) is 0.602. The minimum atomic E-state index is 0.264. The van der Waals surface area contributed by atoms with Crippen LogP contribution in [0.2, 0.25) is 0 Å². The van der Waals surface area contributed by atoms with Gasteiger partial charge in [0.25, 0.3) is 0 Å². The molecule has 68 valence electrons. The predicted molar refractivity (Wildman–Crippen MR) is 51.0 cm³/mol. The molecule has 0 radical (unpaired) electrons. The first kappa shape index (κ1) is 8.69. The van der Waals surface area contributed by atoms with Crippen LogP contribution in [0.25, 0.3) is 0 Å². The fourth-order valence-corrected chi connectivity index (χ4v) is 1.25. The fraction of sp³-hybridized carbons (Fsp3) is 0.333. The monoisotopic (exact) mass is 241 g/mol. The number of carbonyl (C=O) groups is 1. The summed E-state index contributed by atoms with van der Waals surface area (Å²) in [5.41, 5.74) is 0.509. The number of ether oxygens (including phenoxy) is 1. The molecule has 0 bridgehead atoms. The third-order valence-electron chi connectivity index (χ3n) is 1.79. The van der Waals surface area contributed by atoms with Crippen molar-refractivity contribution in [1.29, 1.82) is 0 Å². The van der Waals surface area contributed by atoms with Crippen molar-refractivity contribution in [1.82, 2.24) is 4.98 Å². The van der Waals surface area contributed by atoms with E-state index >= 15 is 0 Å². The summed E-state index contributed by atoms with van der Waals surface area (Å²) < 4.78 is 6.14. The Morgan fingerprint density at radius 3 is 2.92 bits per heavy atom. The molecule has 0 atom stereocenters. The van der Waals surface area contributed by atoms with Gasteiger partial charge in [0.15, 0.2) is 6.29 Å². The molecule has 1 aliphatic carbocycles. The standard InChI is InChI=1S/C9H8BrNO2/c10-8-4-1-6(5-12)9(11-8)13-7-2-3-7/h1,4-5,7H,2-3H2. The van der Waals surface area contributed by atoms with Gasteiger partial charge in [-0.15, -0.1) is 0 Å². The molecule has 2 rings (SSSR count). The van der Waals surface area contributed by atoms with Crippen LogP contribution in [0, 0.1) is 0 Å². The molecule has 3 nitrogen and oxygen atoms in total. The van der Waals surface area contributed by atoms with Gasteiger partial charge in [-0.05, 0) is 40.9 Å². The van der Waals surface area contributed by atoms with Crippen molar-refractivity contribution in [2.75, 3.05) is 0 Å². The molecule has 0 amide bonds. The Morgan fingerprint density at radius 1 is 1.54 bits per heavy atom. The van der Waals surface area contributed by atoms with Gasteiger partial charge in [0.1, 0.15) is 10.7 Å². The number of rotatable bonds is 3. The Morgan fingerprint density at radius 2 is 2.31 bits per heavy atom. The molecule has 0 aromatic carbocycles. The zero-order valence-electron chi connectivity index (χ0n) is 6.87. The summed E-state index contributed by atoms with van der Waals surface area (Å²) in [6, 6.07) is 3.42. The highest BCUT2D eigenvalue weighted by molar-refractivity contribution is 9.10. The smallest absolute Gasteiger partial charge is 0.225 e. The lowest BCUT2D eigenvalue weighted by molar-refractivity contribution is 0.111. The lowest BCUT2D eigenvalue weighted by atomic mass is 10.3. The number of carbonyl (C=O) groups excluding carboxylic acids is 1. The summed E-state index contributed by atoms with van der Waals surface area (Å²) in [7, 11) is 0. The van der Waals surface area contributed by atoms with Crippen LogP contribution in [0.4, 0.5) is 0 Å². The van der Waals surface area contributed by atoms with Crippen LogP contribution in [0.1, 0.15) is 23.2 Å². The number of halogens is 1. The molecule has 0 unspecified atom stereocenters. The average Bonchev–Trinajstić information content (AvgIpc) is 2.89. The van der Waals surface area contributed by atoms with E-state index < -0.39 is 0 Å². The summed E-state index contributed by atoms with van der Waals surface area (Å²) >= 11 is 3.23. The molecule has 1 fully saturated rings. The second-order valence-electron chi connectivity index (χ2n) is 2.96. The van der Waals surface area contributed by atoms with Gasteiger partial charge >= 0.3 is 0 Å². The largest absolute Gasteiger partial charge is 0.474 e. The minimum Gasteiger partial charge on any atom is -0.474 e. The van der Waals surface area contributed by atoms with E-state index in [0.29, 0.717) is 16.0 Å². The maximum absolute atomic E-state index is 10.6. The van der Waals surface area contributed by atoms with E-state index in [-0.39, 0.29) is 6.10 Å². The fourth-order valence-electron chi connectivity index (χ4n) is 0.957. The molecule has 0 N–H and O–H groups in total. The van der Waals surface area contributed by atoms with E-state index in [1.165, 1.54) is 0 Å². The Kier molecular flexibility index (Phi) is 2.31. The first-order valence-corrected chi connectivity index (χ1v) is 4.87. The Labute approximate surface area is 84.2 Å². The number of hydrogen-bond donors (Lipinski definition) is 0. The molecule has 1 heterocycles. The van der Waals surface area contributed by atoms with Gasteiger partial charge in [-0.2, -0.15) is 0 Å². The highest BCUT2D eigenvalue weighted by atomic mass is 79.9. The van der Waals surface area contributed by atoms with Crippen LogP contribution in [-0.2, 0) is 0 Å². The second kappa shape index (κ2) is 3.46. The molecule has 0 aliphatic heterocycles. The Balaban J connectivity index is 2.27. The number of nitrogens with zero attached hydrogens (tertiary/aromatic N) is 1. The predicted octanol–water partition coefficient (Wildman–Crippen LogP) is 2.20. The zero-order valence-corrected chi connectivity index (χ0v) is 8.45. The second-order valence-corrected chi connectivity index (χ2v) is 3.78. The zero-order chi connectivity index (χ0) is 9.26. The van der Waals surface area contributed by atoms with Crippen LogP contribution in [0.3, 0.4) is 0 Å². The van der Waals surface area contributed by atoms with Crippen molar-refractivity contribution in [2.45, 2.75) is 18.9 Å². The number of aromatic nitrogens is 1. The summed E-state index contributed by atoms with van der Waals surface area (Å²) in [6.45, 7) is 0. The van der Waals surface area contributed by atoms with E-state index in [9.17, 15) is 4.79 Å². The van der Waals surface area contributed by atoms with Gasteiger partial charge in [-0.25, -0.2) is 4.98 Å². The minimum absolute atomic E-state index is 0.264. The van der Waals surface area contributed by atoms with E-state index in [0.717, 1.165) is 19.1 Å². The maximum Gasteiger partial charge on any atom is 0.225 e. The lowest BCUT2D eigenvalue weighted by Gasteiger charge is -2.05. The van der Waals surface area contributed by atoms with E-state index in [1.54, 1.807) is 12.1 Å². The third-order valence-corrected chi connectivity index (χ3v) is 2.23. The molecule has 1 saturated carbocycles. The third kappa shape index (κ3) is 2.06. The molecule has 0 saturated heterocycles. The van der Waals surface area contributed by atoms with Crippen LogP contribution in [0.5, 0.6) is 5.88 Å². The van der Waals surface area contributed by atoms with Crippen LogP contribution < -0.4 is 4.74 Å². The van der Waals surface area contributed by atoms with Crippen LogP contribution in [0.15, 0.2) is 16.7 Å². The van der Waals surface area contributed by atoms with Gasteiger partial charge in [0.2, 0.25) is 5.88 Å². The van der Waals surface area contributed by atoms with Crippen molar-refractivity contribution in [3.05, 3.63) is 22.3 Å². The topological polar surface area (TPSA) is 39.2 Å². The molecular formula is C9H8BrNO2. The van der Waals surface area contributed by atoms with Gasteiger partial charge < -0.3 is 4.74 Å². The highest BCUT2D eigenvalue weighted by Crippen LogP contribution is 2.28. The molecule has 0 spiro atoms.